The SMILES string of the molecule is COCCNS(=O)(=O)c1ccc(OB(O)O)cc1. The van der Waals surface area contributed by atoms with Crippen LogP contribution in [0.5, 0.6) is 5.75 Å². The minimum Gasteiger partial charge on any atom is -0.512 e. The highest BCUT2D eigenvalue weighted by atomic mass is 32.2. The van der Waals surface area contributed by atoms with Crippen LogP contribution >= 0.6 is 0 Å². The number of sulfonamides is 1. The van der Waals surface area contributed by atoms with Gasteiger partial charge in [-0.05, 0) is 24.3 Å². The third-order valence-electron chi connectivity index (χ3n) is 1.97. The van der Waals surface area contributed by atoms with Gasteiger partial charge in [-0.25, -0.2) is 13.1 Å². The molecular formula is C9H14BNO6S. The van der Waals surface area contributed by atoms with Gasteiger partial charge in [0.25, 0.3) is 0 Å². The number of methoxy groups -OCH3 is 1. The van der Waals surface area contributed by atoms with E-state index in [9.17, 15) is 8.42 Å². The van der Waals surface area contributed by atoms with Crippen molar-refractivity contribution in [1.29, 1.82) is 0 Å². The van der Waals surface area contributed by atoms with E-state index in [1.807, 2.05) is 0 Å². The van der Waals surface area contributed by atoms with Crippen LogP contribution in [0.4, 0.5) is 0 Å². The maximum Gasteiger partial charge on any atom is 0.707 e. The first-order chi connectivity index (χ1) is 8.45. The van der Waals surface area contributed by atoms with Crippen LogP contribution in [0.15, 0.2) is 29.2 Å². The summed E-state index contributed by atoms with van der Waals surface area (Å²) >= 11 is 0. The summed E-state index contributed by atoms with van der Waals surface area (Å²) in [6, 6.07) is 5.24. The predicted octanol–water partition coefficient (Wildman–Crippen LogP) is -1.04. The molecule has 0 saturated carbocycles. The first kappa shape index (κ1) is 14.9. The maximum atomic E-state index is 11.7. The summed E-state index contributed by atoms with van der Waals surface area (Å²) in [6.45, 7) is 0.448. The van der Waals surface area contributed by atoms with Gasteiger partial charge in [0.15, 0.2) is 0 Å². The van der Waals surface area contributed by atoms with Crippen LogP contribution in [0.25, 0.3) is 0 Å². The van der Waals surface area contributed by atoms with Crippen LogP contribution in [0.1, 0.15) is 0 Å². The Hall–Kier alpha value is -1.13. The molecule has 9 heteroatoms. The van der Waals surface area contributed by atoms with Crippen LogP contribution in [0.2, 0.25) is 0 Å². The van der Waals surface area contributed by atoms with Crippen molar-refractivity contribution in [3.63, 3.8) is 0 Å². The number of rotatable bonds is 7. The van der Waals surface area contributed by atoms with Gasteiger partial charge in [0.2, 0.25) is 10.0 Å². The van der Waals surface area contributed by atoms with Crippen molar-refractivity contribution in [1.82, 2.24) is 4.72 Å². The predicted molar refractivity (Wildman–Crippen MR) is 64.3 cm³/mol. The number of hydrogen-bond acceptors (Lipinski definition) is 6. The first-order valence-corrected chi connectivity index (χ1v) is 6.55. The minimum absolute atomic E-state index is 0.0541. The Morgan fingerprint density at radius 2 is 1.89 bits per heavy atom. The van der Waals surface area contributed by atoms with Crippen LogP contribution in [0, 0.1) is 0 Å². The summed E-state index contributed by atoms with van der Waals surface area (Å²) in [5, 5.41) is 17.1. The molecule has 1 aromatic carbocycles. The molecule has 0 aromatic heterocycles. The fraction of sp³-hybridized carbons (Fsp3) is 0.333. The van der Waals surface area contributed by atoms with Gasteiger partial charge >= 0.3 is 7.32 Å². The van der Waals surface area contributed by atoms with Crippen molar-refractivity contribution in [2.24, 2.45) is 0 Å². The third kappa shape index (κ3) is 4.63. The van der Waals surface area contributed by atoms with Crippen molar-refractivity contribution in [3.8, 4) is 5.75 Å². The molecule has 0 atom stereocenters. The van der Waals surface area contributed by atoms with Crippen molar-refractivity contribution in [3.05, 3.63) is 24.3 Å². The van der Waals surface area contributed by atoms with E-state index < -0.39 is 17.3 Å². The molecule has 0 unspecified atom stereocenters. The quantitative estimate of drug-likeness (QED) is 0.433. The Morgan fingerprint density at radius 1 is 1.28 bits per heavy atom. The molecule has 0 heterocycles. The Labute approximate surface area is 106 Å². The zero-order valence-electron chi connectivity index (χ0n) is 9.74. The molecule has 0 bridgehead atoms. The zero-order valence-corrected chi connectivity index (χ0v) is 10.6. The lowest BCUT2D eigenvalue weighted by Gasteiger charge is -2.08. The fourth-order valence-electron chi connectivity index (χ4n) is 1.18. The zero-order chi connectivity index (χ0) is 13.6. The second-order valence-corrected chi connectivity index (χ2v) is 5.07. The van der Waals surface area contributed by atoms with E-state index in [1.54, 1.807) is 0 Å². The lowest BCUT2D eigenvalue weighted by atomic mass is 10.2. The van der Waals surface area contributed by atoms with Gasteiger partial charge < -0.3 is 19.4 Å². The molecule has 0 spiro atoms. The summed E-state index contributed by atoms with van der Waals surface area (Å²) < 4.78 is 35.1. The van der Waals surface area contributed by atoms with Gasteiger partial charge in [0, 0.05) is 13.7 Å². The van der Waals surface area contributed by atoms with Gasteiger partial charge in [-0.1, -0.05) is 0 Å². The monoisotopic (exact) mass is 275 g/mol. The largest absolute Gasteiger partial charge is 0.707 e. The molecule has 0 amide bonds. The minimum atomic E-state index is -3.59. The average Bonchev–Trinajstić information content (AvgIpc) is 2.29. The van der Waals surface area contributed by atoms with E-state index in [1.165, 1.54) is 31.4 Å². The summed E-state index contributed by atoms with van der Waals surface area (Å²) in [5.74, 6) is 0.154. The van der Waals surface area contributed by atoms with Crippen LogP contribution in [0.3, 0.4) is 0 Å². The molecule has 0 fully saturated rings. The molecule has 0 aliphatic carbocycles. The maximum absolute atomic E-state index is 11.7. The van der Waals surface area contributed by atoms with Crippen molar-refractivity contribution in [2.45, 2.75) is 4.90 Å². The van der Waals surface area contributed by atoms with Gasteiger partial charge in [-0.3, -0.25) is 0 Å². The smallest absolute Gasteiger partial charge is 0.512 e. The summed E-state index contributed by atoms with van der Waals surface area (Å²) in [5.41, 5.74) is 0. The lowest BCUT2D eigenvalue weighted by Crippen LogP contribution is -2.27. The van der Waals surface area contributed by atoms with Crippen molar-refractivity contribution < 1.29 is 27.9 Å². The van der Waals surface area contributed by atoms with E-state index in [4.69, 9.17) is 14.8 Å². The van der Waals surface area contributed by atoms with Gasteiger partial charge in [-0.15, -0.1) is 0 Å². The molecule has 18 heavy (non-hydrogen) atoms. The third-order valence-corrected chi connectivity index (χ3v) is 3.45. The molecular weight excluding hydrogens is 261 g/mol. The first-order valence-electron chi connectivity index (χ1n) is 5.07. The van der Waals surface area contributed by atoms with Gasteiger partial charge in [0.1, 0.15) is 5.75 Å². The molecule has 7 nitrogen and oxygen atoms in total. The Kier molecular flexibility index (Phi) is 5.57. The van der Waals surface area contributed by atoms with Gasteiger partial charge in [-0.2, -0.15) is 0 Å². The van der Waals surface area contributed by atoms with E-state index >= 15 is 0 Å². The van der Waals surface area contributed by atoms with E-state index in [-0.39, 0.29) is 23.8 Å². The Morgan fingerprint density at radius 3 is 2.39 bits per heavy atom. The normalized spacial score (nSPS) is 11.3. The fourth-order valence-corrected chi connectivity index (χ4v) is 2.19. The number of benzene rings is 1. The number of ether oxygens (including phenoxy) is 1. The number of nitrogens with one attached hydrogen (secondary N) is 1. The molecule has 3 N–H and O–H groups in total. The number of hydrogen-bond donors (Lipinski definition) is 3. The second-order valence-electron chi connectivity index (χ2n) is 3.31. The summed E-state index contributed by atoms with van der Waals surface area (Å²) in [7, 11) is -4.05. The molecule has 0 aliphatic heterocycles. The van der Waals surface area contributed by atoms with Crippen LogP contribution < -0.4 is 9.38 Å². The van der Waals surface area contributed by atoms with E-state index in [2.05, 4.69) is 9.38 Å². The summed E-state index contributed by atoms with van der Waals surface area (Å²) in [4.78, 5) is 0.0541. The van der Waals surface area contributed by atoms with E-state index in [0.29, 0.717) is 0 Å². The highest BCUT2D eigenvalue weighted by molar-refractivity contribution is 7.89. The molecule has 0 saturated heterocycles. The topological polar surface area (TPSA) is 105 Å². The second kappa shape index (κ2) is 6.71. The standard InChI is InChI=1S/C9H14BNO6S/c1-16-7-6-11-18(14,15)9-4-2-8(3-5-9)17-10(12)13/h2-5,11-13H,6-7H2,1H3. The summed E-state index contributed by atoms with van der Waals surface area (Å²) in [6.07, 6.45) is 0. The Balaban J connectivity index is 2.71. The van der Waals surface area contributed by atoms with Crippen LogP contribution in [-0.4, -0.2) is 46.0 Å². The average molecular weight is 275 g/mol. The van der Waals surface area contributed by atoms with Crippen LogP contribution in [-0.2, 0) is 14.8 Å². The van der Waals surface area contributed by atoms with Crippen molar-refractivity contribution in [2.75, 3.05) is 20.3 Å². The lowest BCUT2D eigenvalue weighted by molar-refractivity contribution is 0.204. The van der Waals surface area contributed by atoms with Crippen molar-refractivity contribution >= 4 is 17.3 Å². The molecule has 0 radical (unpaired) electrons. The Bertz CT molecular complexity index is 460. The highest BCUT2D eigenvalue weighted by Crippen LogP contribution is 2.15. The molecule has 100 valence electrons. The molecule has 0 aliphatic rings. The molecule has 1 rings (SSSR count). The molecule has 1 aromatic rings. The van der Waals surface area contributed by atoms with Gasteiger partial charge in [0.05, 0.1) is 11.5 Å². The van der Waals surface area contributed by atoms with E-state index in [0.717, 1.165) is 0 Å². The highest BCUT2D eigenvalue weighted by Gasteiger charge is 2.15.